The second-order valence-electron chi connectivity index (χ2n) is 3.44. The minimum Gasteiger partial charge on any atom is -0.382 e. The fourth-order valence-corrected chi connectivity index (χ4v) is 1.48. The van der Waals surface area contributed by atoms with Crippen LogP contribution in [0.25, 0.3) is 0 Å². The van der Waals surface area contributed by atoms with Crippen LogP contribution in [0.2, 0.25) is 0 Å². The van der Waals surface area contributed by atoms with E-state index in [0.717, 1.165) is 19.6 Å². The molecule has 0 radical (unpaired) electrons. The van der Waals surface area contributed by atoms with Gasteiger partial charge in [-0.05, 0) is 43.8 Å². The van der Waals surface area contributed by atoms with Crippen molar-refractivity contribution in [3.8, 4) is 0 Å². The molecule has 0 aliphatic carbocycles. The molecule has 0 fully saturated rings. The quantitative estimate of drug-likeness (QED) is 0.605. The molecule has 1 rings (SSSR count). The number of rotatable bonds is 6. The van der Waals surface area contributed by atoms with E-state index in [4.69, 9.17) is 17.0 Å². The summed E-state index contributed by atoms with van der Waals surface area (Å²) in [5.74, 6) is -0.283. The molecule has 0 heterocycles. The van der Waals surface area contributed by atoms with Crippen molar-refractivity contribution in [2.45, 2.75) is 13.3 Å². The Bertz CT molecular complexity index is 360. The maximum atomic E-state index is 12.9. The zero-order valence-electron chi connectivity index (χ0n) is 9.83. The molecule has 0 aliphatic rings. The predicted octanol–water partition coefficient (Wildman–Crippen LogP) is 2.54. The molecular weight excluding hydrogens is 239 g/mol. The Balaban J connectivity index is 2.21. The van der Waals surface area contributed by atoms with Crippen molar-refractivity contribution in [2.24, 2.45) is 0 Å². The topological polar surface area (TPSA) is 33.3 Å². The summed E-state index contributed by atoms with van der Waals surface area (Å²) in [5, 5.41) is 6.43. The minimum absolute atomic E-state index is 0.283. The van der Waals surface area contributed by atoms with Crippen LogP contribution in [0, 0.1) is 5.82 Å². The lowest BCUT2D eigenvalue weighted by molar-refractivity contribution is 0.146. The fourth-order valence-electron chi connectivity index (χ4n) is 1.26. The van der Waals surface area contributed by atoms with Crippen molar-refractivity contribution in [1.82, 2.24) is 5.32 Å². The number of halogens is 1. The van der Waals surface area contributed by atoms with Crippen molar-refractivity contribution in [3.63, 3.8) is 0 Å². The van der Waals surface area contributed by atoms with Crippen LogP contribution in [0.3, 0.4) is 0 Å². The molecule has 0 saturated heterocycles. The number of hydrogen-bond donors (Lipinski definition) is 2. The van der Waals surface area contributed by atoms with Gasteiger partial charge in [-0.2, -0.15) is 0 Å². The highest BCUT2D eigenvalue weighted by molar-refractivity contribution is 7.80. The van der Waals surface area contributed by atoms with Gasteiger partial charge in [-0.25, -0.2) is 4.39 Å². The highest BCUT2D eigenvalue weighted by Crippen LogP contribution is 2.08. The van der Waals surface area contributed by atoms with Crippen LogP contribution < -0.4 is 10.6 Å². The van der Waals surface area contributed by atoms with E-state index in [0.29, 0.717) is 17.4 Å². The Kier molecular flexibility index (Phi) is 6.50. The second kappa shape index (κ2) is 7.97. The molecule has 0 amide bonds. The van der Waals surface area contributed by atoms with Gasteiger partial charge in [-0.3, -0.25) is 0 Å². The zero-order chi connectivity index (χ0) is 12.5. The smallest absolute Gasteiger partial charge is 0.170 e. The summed E-state index contributed by atoms with van der Waals surface area (Å²) in [6.45, 7) is 4.14. The van der Waals surface area contributed by atoms with Crippen molar-refractivity contribution in [1.29, 1.82) is 0 Å². The third-order valence-electron chi connectivity index (χ3n) is 2.04. The number of thiocarbonyl (C=S) groups is 1. The van der Waals surface area contributed by atoms with Gasteiger partial charge in [-0.15, -0.1) is 0 Å². The first kappa shape index (κ1) is 13.9. The Labute approximate surface area is 106 Å². The first-order valence-corrected chi connectivity index (χ1v) is 6.01. The predicted molar refractivity (Wildman–Crippen MR) is 71.7 cm³/mol. The third-order valence-corrected chi connectivity index (χ3v) is 2.28. The molecule has 1 aromatic carbocycles. The van der Waals surface area contributed by atoms with Crippen LogP contribution in [0.1, 0.15) is 13.3 Å². The fraction of sp³-hybridized carbons (Fsp3) is 0.417. The van der Waals surface area contributed by atoms with Gasteiger partial charge in [0.05, 0.1) is 0 Å². The highest BCUT2D eigenvalue weighted by Gasteiger charge is 1.98. The number of benzene rings is 1. The standard InChI is InChI=1S/C12H17FN2OS/c1-2-16-8-4-7-14-12(17)15-11-6-3-5-10(13)9-11/h3,5-6,9H,2,4,7-8H2,1H3,(H2,14,15,17). The van der Waals surface area contributed by atoms with Gasteiger partial charge in [0.2, 0.25) is 0 Å². The number of nitrogens with one attached hydrogen (secondary N) is 2. The number of ether oxygens (including phenoxy) is 1. The second-order valence-corrected chi connectivity index (χ2v) is 3.85. The number of anilines is 1. The molecule has 0 unspecified atom stereocenters. The van der Waals surface area contributed by atoms with Crippen LogP contribution in [0.5, 0.6) is 0 Å². The van der Waals surface area contributed by atoms with Crippen LogP contribution in [0.15, 0.2) is 24.3 Å². The minimum atomic E-state index is -0.283. The van der Waals surface area contributed by atoms with E-state index in [-0.39, 0.29) is 5.82 Å². The molecule has 1 aromatic rings. The average Bonchev–Trinajstić information content (AvgIpc) is 2.29. The van der Waals surface area contributed by atoms with Gasteiger partial charge in [0.15, 0.2) is 5.11 Å². The lowest BCUT2D eigenvalue weighted by atomic mass is 10.3. The maximum absolute atomic E-state index is 12.9. The Hall–Kier alpha value is -1.20. The normalized spacial score (nSPS) is 10.0. The van der Waals surface area contributed by atoms with Gasteiger partial charge in [0.1, 0.15) is 5.82 Å². The molecule has 0 bridgehead atoms. The monoisotopic (exact) mass is 256 g/mol. The van der Waals surface area contributed by atoms with Crippen molar-refractivity contribution in [3.05, 3.63) is 30.1 Å². The van der Waals surface area contributed by atoms with Crippen molar-refractivity contribution < 1.29 is 9.13 Å². The van der Waals surface area contributed by atoms with Gasteiger partial charge >= 0.3 is 0 Å². The first-order valence-electron chi connectivity index (χ1n) is 5.60. The Morgan fingerprint density at radius 1 is 1.47 bits per heavy atom. The van der Waals surface area contributed by atoms with Crippen molar-refractivity contribution in [2.75, 3.05) is 25.1 Å². The van der Waals surface area contributed by atoms with E-state index in [9.17, 15) is 4.39 Å². The lowest BCUT2D eigenvalue weighted by Crippen LogP contribution is -2.29. The molecule has 5 heteroatoms. The molecule has 2 N–H and O–H groups in total. The summed E-state index contributed by atoms with van der Waals surface area (Å²) in [6.07, 6.45) is 0.888. The van der Waals surface area contributed by atoms with E-state index >= 15 is 0 Å². The van der Waals surface area contributed by atoms with Gasteiger partial charge in [0.25, 0.3) is 0 Å². The summed E-state index contributed by atoms with van der Waals surface area (Å²) in [6, 6.07) is 6.19. The average molecular weight is 256 g/mol. The molecule has 0 spiro atoms. The van der Waals surface area contributed by atoms with Gasteiger partial charge in [0, 0.05) is 25.4 Å². The molecule has 94 valence electrons. The Morgan fingerprint density at radius 3 is 3.00 bits per heavy atom. The van der Waals surface area contributed by atoms with E-state index in [1.165, 1.54) is 12.1 Å². The summed E-state index contributed by atoms with van der Waals surface area (Å²) in [4.78, 5) is 0. The molecule has 3 nitrogen and oxygen atoms in total. The van der Waals surface area contributed by atoms with E-state index < -0.39 is 0 Å². The van der Waals surface area contributed by atoms with Crippen molar-refractivity contribution >= 4 is 23.0 Å². The molecule has 0 atom stereocenters. The Morgan fingerprint density at radius 2 is 2.29 bits per heavy atom. The SMILES string of the molecule is CCOCCCNC(=S)Nc1cccc(F)c1. The summed E-state index contributed by atoms with van der Waals surface area (Å²) in [7, 11) is 0. The molecular formula is C12H17FN2OS. The van der Waals surface area contributed by atoms with Gasteiger partial charge < -0.3 is 15.4 Å². The van der Waals surface area contributed by atoms with E-state index in [1.54, 1.807) is 12.1 Å². The highest BCUT2D eigenvalue weighted by atomic mass is 32.1. The summed E-state index contributed by atoms with van der Waals surface area (Å²) >= 11 is 5.07. The third kappa shape index (κ3) is 6.19. The molecule has 0 aliphatic heterocycles. The van der Waals surface area contributed by atoms with Gasteiger partial charge in [-0.1, -0.05) is 6.07 Å². The molecule has 17 heavy (non-hydrogen) atoms. The largest absolute Gasteiger partial charge is 0.382 e. The first-order chi connectivity index (χ1) is 8.22. The lowest BCUT2D eigenvalue weighted by Gasteiger charge is -2.10. The molecule has 0 aromatic heterocycles. The summed E-state index contributed by atoms with van der Waals surface area (Å²) < 4.78 is 18.1. The number of hydrogen-bond acceptors (Lipinski definition) is 2. The van der Waals surface area contributed by atoms with Crippen LogP contribution in [-0.2, 0) is 4.74 Å². The molecule has 0 saturated carbocycles. The van der Waals surface area contributed by atoms with Crippen LogP contribution in [0.4, 0.5) is 10.1 Å². The van der Waals surface area contributed by atoms with E-state index in [1.807, 2.05) is 6.92 Å². The van der Waals surface area contributed by atoms with Crippen LogP contribution in [-0.4, -0.2) is 24.9 Å². The maximum Gasteiger partial charge on any atom is 0.170 e. The van der Waals surface area contributed by atoms with Crippen LogP contribution >= 0.6 is 12.2 Å². The van der Waals surface area contributed by atoms with E-state index in [2.05, 4.69) is 10.6 Å². The summed E-state index contributed by atoms with van der Waals surface area (Å²) in [5.41, 5.74) is 0.646. The zero-order valence-corrected chi connectivity index (χ0v) is 10.6.